The van der Waals surface area contributed by atoms with Crippen LogP contribution in [0.1, 0.15) is 24.8 Å². The summed E-state index contributed by atoms with van der Waals surface area (Å²) in [5.41, 5.74) is 6.20. The Morgan fingerprint density at radius 2 is 2.29 bits per heavy atom. The lowest BCUT2D eigenvalue weighted by Crippen LogP contribution is -2.52. The topological polar surface area (TPSA) is 63.4 Å². The van der Waals surface area contributed by atoms with Gasteiger partial charge in [-0.15, -0.1) is 11.3 Å². The Morgan fingerprint density at radius 1 is 1.57 bits per heavy atom. The van der Waals surface area contributed by atoms with Crippen LogP contribution in [-0.2, 0) is 9.84 Å². The summed E-state index contributed by atoms with van der Waals surface area (Å²) in [6, 6.07) is 1.89. The van der Waals surface area contributed by atoms with E-state index in [2.05, 4.69) is 26.9 Å². The smallest absolute Gasteiger partial charge is 0.166 e. The minimum atomic E-state index is -3.11. The van der Waals surface area contributed by atoms with E-state index in [-0.39, 0.29) is 17.8 Å². The molecule has 1 aliphatic heterocycles. The van der Waals surface area contributed by atoms with Crippen molar-refractivity contribution in [3.8, 4) is 0 Å². The monoisotopic (exact) mass is 412 g/mol. The molecule has 1 fully saturated rings. The highest BCUT2D eigenvalue weighted by Crippen LogP contribution is 2.36. The zero-order chi connectivity index (χ0) is 15.6. The van der Waals surface area contributed by atoms with Crippen LogP contribution in [0.4, 0.5) is 0 Å². The molecule has 0 saturated carbocycles. The minimum Gasteiger partial charge on any atom is -0.326 e. The van der Waals surface area contributed by atoms with Gasteiger partial charge >= 0.3 is 0 Å². The van der Waals surface area contributed by atoms with Gasteiger partial charge in [0.15, 0.2) is 9.84 Å². The lowest BCUT2D eigenvalue weighted by Gasteiger charge is -2.41. The number of nitrogens with zero attached hydrogens (tertiary/aromatic N) is 1. The standard InChI is InChI=1S/C13H21BrN2O2S3/c1-3-21(17,18)12-8-19-5-4-16(12)13(9(2)15)11-6-10(14)7-20-11/h6-7,9,12-13H,3-5,8,15H2,1-2H3. The van der Waals surface area contributed by atoms with Gasteiger partial charge in [0.2, 0.25) is 0 Å². The van der Waals surface area contributed by atoms with E-state index in [9.17, 15) is 8.42 Å². The summed E-state index contributed by atoms with van der Waals surface area (Å²) in [6.45, 7) is 4.43. The van der Waals surface area contributed by atoms with Gasteiger partial charge in [0.25, 0.3) is 0 Å². The molecule has 0 aromatic carbocycles. The van der Waals surface area contributed by atoms with Crippen molar-refractivity contribution in [3.63, 3.8) is 0 Å². The van der Waals surface area contributed by atoms with Crippen LogP contribution in [0.3, 0.4) is 0 Å². The number of rotatable bonds is 5. The van der Waals surface area contributed by atoms with Crippen molar-refractivity contribution < 1.29 is 8.42 Å². The molecule has 120 valence electrons. The normalized spacial score (nSPS) is 23.9. The van der Waals surface area contributed by atoms with Crippen molar-refractivity contribution in [1.29, 1.82) is 0 Å². The maximum absolute atomic E-state index is 12.4. The molecular weight excluding hydrogens is 392 g/mol. The van der Waals surface area contributed by atoms with Gasteiger partial charge in [0, 0.05) is 44.6 Å². The molecule has 1 saturated heterocycles. The molecule has 0 spiro atoms. The van der Waals surface area contributed by atoms with Gasteiger partial charge in [0.05, 0.1) is 6.04 Å². The van der Waals surface area contributed by atoms with E-state index in [0.717, 1.165) is 21.6 Å². The largest absolute Gasteiger partial charge is 0.326 e. The van der Waals surface area contributed by atoms with Crippen LogP contribution in [-0.4, -0.2) is 48.5 Å². The first-order valence-electron chi connectivity index (χ1n) is 6.91. The first kappa shape index (κ1) is 17.7. The number of hydrogen-bond donors (Lipinski definition) is 1. The third-order valence-corrected chi connectivity index (χ3v) is 8.74. The first-order chi connectivity index (χ1) is 9.86. The van der Waals surface area contributed by atoms with Crippen LogP contribution < -0.4 is 5.73 Å². The molecule has 1 aromatic rings. The predicted molar refractivity (Wildman–Crippen MR) is 95.7 cm³/mol. The molecule has 0 aliphatic carbocycles. The molecule has 4 nitrogen and oxygen atoms in total. The Morgan fingerprint density at radius 3 is 2.81 bits per heavy atom. The molecule has 3 atom stereocenters. The van der Waals surface area contributed by atoms with E-state index < -0.39 is 15.2 Å². The maximum Gasteiger partial charge on any atom is 0.166 e. The van der Waals surface area contributed by atoms with Gasteiger partial charge in [-0.3, -0.25) is 4.90 Å². The average Bonchev–Trinajstić information content (AvgIpc) is 2.85. The quantitative estimate of drug-likeness (QED) is 0.804. The highest BCUT2D eigenvalue weighted by Gasteiger charge is 2.39. The fourth-order valence-electron chi connectivity index (χ4n) is 2.62. The second-order valence-electron chi connectivity index (χ2n) is 5.19. The van der Waals surface area contributed by atoms with Crippen molar-refractivity contribution in [2.75, 3.05) is 23.8 Å². The van der Waals surface area contributed by atoms with Crippen LogP contribution in [0, 0.1) is 0 Å². The Balaban J connectivity index is 2.37. The first-order valence-corrected chi connectivity index (χ1v) is 11.5. The van der Waals surface area contributed by atoms with E-state index in [1.165, 1.54) is 0 Å². The average molecular weight is 413 g/mol. The Hall–Kier alpha value is 0.400. The van der Waals surface area contributed by atoms with Crippen LogP contribution in [0.5, 0.6) is 0 Å². The predicted octanol–water partition coefficient (Wildman–Crippen LogP) is 2.71. The number of nitrogens with two attached hydrogens (primary N) is 1. The summed E-state index contributed by atoms with van der Waals surface area (Å²) in [4.78, 5) is 3.22. The van der Waals surface area contributed by atoms with Crippen LogP contribution >= 0.6 is 39.0 Å². The second-order valence-corrected chi connectivity index (χ2v) is 10.6. The highest BCUT2D eigenvalue weighted by molar-refractivity contribution is 9.10. The van der Waals surface area contributed by atoms with Crippen molar-refractivity contribution in [2.45, 2.75) is 31.3 Å². The van der Waals surface area contributed by atoms with Gasteiger partial charge in [-0.25, -0.2) is 8.42 Å². The number of thioether (sulfide) groups is 1. The molecule has 1 aliphatic rings. The Bertz CT molecular complexity index is 574. The molecule has 21 heavy (non-hydrogen) atoms. The van der Waals surface area contributed by atoms with Gasteiger partial charge in [-0.05, 0) is 28.9 Å². The number of halogens is 1. The van der Waals surface area contributed by atoms with Gasteiger partial charge in [0.1, 0.15) is 5.37 Å². The third kappa shape index (κ3) is 4.03. The number of sulfone groups is 1. The summed E-state index contributed by atoms with van der Waals surface area (Å²) in [5, 5.41) is 1.59. The zero-order valence-electron chi connectivity index (χ0n) is 12.2. The van der Waals surface area contributed by atoms with Crippen molar-refractivity contribution in [2.24, 2.45) is 5.73 Å². The van der Waals surface area contributed by atoms with E-state index in [1.54, 1.807) is 30.0 Å². The molecule has 3 unspecified atom stereocenters. The lowest BCUT2D eigenvalue weighted by atomic mass is 10.1. The summed E-state index contributed by atoms with van der Waals surface area (Å²) in [7, 11) is -3.11. The van der Waals surface area contributed by atoms with Gasteiger partial charge < -0.3 is 5.73 Å². The van der Waals surface area contributed by atoms with Gasteiger partial charge in [-0.1, -0.05) is 6.92 Å². The van der Waals surface area contributed by atoms with Crippen LogP contribution in [0.15, 0.2) is 15.9 Å². The fraction of sp³-hybridized carbons (Fsp3) is 0.692. The van der Waals surface area contributed by atoms with Crippen molar-refractivity contribution >= 4 is 48.9 Å². The molecule has 2 heterocycles. The third-order valence-electron chi connectivity index (χ3n) is 3.68. The van der Waals surface area contributed by atoms with E-state index in [4.69, 9.17) is 5.73 Å². The summed E-state index contributed by atoms with van der Waals surface area (Å²) in [6.07, 6.45) is 0. The molecule has 1 aromatic heterocycles. The molecule has 0 amide bonds. The van der Waals surface area contributed by atoms with Crippen molar-refractivity contribution in [1.82, 2.24) is 4.90 Å². The zero-order valence-corrected chi connectivity index (χ0v) is 16.2. The van der Waals surface area contributed by atoms with Crippen LogP contribution in [0.2, 0.25) is 0 Å². The lowest BCUT2D eigenvalue weighted by molar-refractivity contribution is 0.175. The van der Waals surface area contributed by atoms with E-state index in [0.29, 0.717) is 5.75 Å². The van der Waals surface area contributed by atoms with E-state index in [1.807, 2.05) is 12.3 Å². The fourth-order valence-corrected chi connectivity index (χ4v) is 7.35. The molecule has 0 radical (unpaired) electrons. The van der Waals surface area contributed by atoms with Gasteiger partial charge in [-0.2, -0.15) is 11.8 Å². The SMILES string of the molecule is CCS(=O)(=O)C1CSCCN1C(c1cc(Br)cs1)C(C)N. The summed E-state index contributed by atoms with van der Waals surface area (Å²) < 4.78 is 25.9. The Kier molecular flexibility index (Phi) is 6.18. The molecule has 0 bridgehead atoms. The van der Waals surface area contributed by atoms with Crippen LogP contribution in [0.25, 0.3) is 0 Å². The highest BCUT2D eigenvalue weighted by atomic mass is 79.9. The summed E-state index contributed by atoms with van der Waals surface area (Å²) in [5.74, 6) is 1.76. The molecule has 2 rings (SSSR count). The molecule has 2 N–H and O–H groups in total. The number of thiophene rings is 1. The van der Waals surface area contributed by atoms with E-state index >= 15 is 0 Å². The minimum absolute atomic E-state index is 0.0477. The molecular formula is C13H21BrN2O2S3. The summed E-state index contributed by atoms with van der Waals surface area (Å²) >= 11 is 6.81. The Labute approximate surface area is 143 Å². The maximum atomic E-state index is 12.4. The molecule has 8 heteroatoms. The second kappa shape index (κ2) is 7.31. The number of hydrogen-bond acceptors (Lipinski definition) is 6. The van der Waals surface area contributed by atoms with Crippen molar-refractivity contribution in [3.05, 3.63) is 20.8 Å².